The zero-order chi connectivity index (χ0) is 13.9. The van der Waals surface area contributed by atoms with Gasteiger partial charge in [0.1, 0.15) is 22.0 Å². The van der Waals surface area contributed by atoms with Gasteiger partial charge in [0.05, 0.1) is 5.01 Å². The van der Waals surface area contributed by atoms with E-state index in [0.717, 1.165) is 28.4 Å². The molecule has 1 saturated carbocycles. The van der Waals surface area contributed by atoms with Crippen LogP contribution in [0.25, 0.3) is 11.3 Å². The standard InChI is InChI=1S/C16H18N2OS/c1-16(2)8-10-4-3-5-11(13(10)19-16)12-14(17)20-15(18-12)9-6-7-9/h3-5,9H,6-8,17H2,1-2H3. The summed E-state index contributed by atoms with van der Waals surface area (Å²) in [5.41, 5.74) is 9.28. The number of benzene rings is 1. The lowest BCUT2D eigenvalue weighted by atomic mass is 10.00. The van der Waals surface area contributed by atoms with Crippen LogP contribution < -0.4 is 10.5 Å². The summed E-state index contributed by atoms with van der Waals surface area (Å²) < 4.78 is 6.13. The molecule has 2 heterocycles. The summed E-state index contributed by atoms with van der Waals surface area (Å²) in [5, 5.41) is 2.00. The van der Waals surface area contributed by atoms with Crippen molar-refractivity contribution in [2.75, 3.05) is 5.73 Å². The summed E-state index contributed by atoms with van der Waals surface area (Å²) in [7, 11) is 0. The third kappa shape index (κ3) is 1.90. The van der Waals surface area contributed by atoms with Gasteiger partial charge in [0, 0.05) is 17.9 Å². The maximum atomic E-state index is 6.20. The Balaban J connectivity index is 1.82. The first kappa shape index (κ1) is 12.2. The number of thiazole rings is 1. The summed E-state index contributed by atoms with van der Waals surface area (Å²) in [6.45, 7) is 4.24. The maximum absolute atomic E-state index is 6.20. The van der Waals surface area contributed by atoms with Crippen LogP contribution in [-0.4, -0.2) is 10.6 Å². The van der Waals surface area contributed by atoms with E-state index in [1.165, 1.54) is 23.4 Å². The molecule has 2 aliphatic rings. The van der Waals surface area contributed by atoms with Crippen LogP contribution >= 0.6 is 11.3 Å². The Morgan fingerprint density at radius 2 is 2.15 bits per heavy atom. The molecule has 104 valence electrons. The van der Waals surface area contributed by atoms with E-state index < -0.39 is 0 Å². The van der Waals surface area contributed by atoms with Gasteiger partial charge in [0.15, 0.2) is 0 Å². The molecule has 0 unspecified atom stereocenters. The molecule has 4 heteroatoms. The zero-order valence-corrected chi connectivity index (χ0v) is 12.6. The van der Waals surface area contributed by atoms with Crippen molar-refractivity contribution in [3.05, 3.63) is 28.8 Å². The van der Waals surface area contributed by atoms with Gasteiger partial charge in [0.25, 0.3) is 0 Å². The van der Waals surface area contributed by atoms with E-state index in [4.69, 9.17) is 15.5 Å². The molecule has 3 nitrogen and oxygen atoms in total. The number of rotatable bonds is 2. The van der Waals surface area contributed by atoms with Gasteiger partial charge in [-0.05, 0) is 38.3 Å². The van der Waals surface area contributed by atoms with E-state index in [1.54, 1.807) is 11.3 Å². The predicted octanol–water partition coefficient (Wildman–Crippen LogP) is 3.98. The summed E-state index contributed by atoms with van der Waals surface area (Å²) in [6.07, 6.45) is 3.45. The second-order valence-corrected chi connectivity index (χ2v) is 7.43. The van der Waals surface area contributed by atoms with E-state index in [1.807, 2.05) is 0 Å². The number of ether oxygens (including phenoxy) is 1. The highest BCUT2D eigenvalue weighted by Gasteiger charge is 2.34. The Hall–Kier alpha value is -1.55. The minimum atomic E-state index is -0.136. The second-order valence-electron chi connectivity index (χ2n) is 6.37. The number of fused-ring (bicyclic) bond motifs is 1. The van der Waals surface area contributed by atoms with E-state index >= 15 is 0 Å². The quantitative estimate of drug-likeness (QED) is 0.908. The maximum Gasteiger partial charge on any atom is 0.132 e. The molecule has 0 saturated heterocycles. The van der Waals surface area contributed by atoms with Gasteiger partial charge in [-0.3, -0.25) is 0 Å². The number of nitrogen functional groups attached to an aromatic ring is 1. The highest BCUT2D eigenvalue weighted by Crippen LogP contribution is 2.48. The lowest BCUT2D eigenvalue weighted by molar-refractivity contribution is 0.139. The molecule has 1 aliphatic carbocycles. The lowest BCUT2D eigenvalue weighted by Crippen LogP contribution is -2.24. The molecular weight excluding hydrogens is 268 g/mol. The summed E-state index contributed by atoms with van der Waals surface area (Å²) in [6, 6.07) is 6.29. The highest BCUT2D eigenvalue weighted by atomic mass is 32.1. The Morgan fingerprint density at radius 1 is 1.35 bits per heavy atom. The number of aromatic nitrogens is 1. The molecule has 0 bridgehead atoms. The van der Waals surface area contributed by atoms with Crippen LogP contribution in [0.15, 0.2) is 18.2 Å². The summed E-state index contributed by atoms with van der Waals surface area (Å²) in [5.74, 6) is 1.61. The normalized spacial score (nSPS) is 19.7. The first-order chi connectivity index (χ1) is 9.53. The minimum Gasteiger partial charge on any atom is -0.487 e. The molecule has 0 spiro atoms. The van der Waals surface area contributed by atoms with Gasteiger partial charge >= 0.3 is 0 Å². The van der Waals surface area contributed by atoms with Gasteiger partial charge in [-0.15, -0.1) is 11.3 Å². The second kappa shape index (κ2) is 3.98. The number of anilines is 1. The first-order valence-corrected chi connectivity index (χ1v) is 7.93. The van der Waals surface area contributed by atoms with Crippen molar-refractivity contribution in [2.45, 2.75) is 44.6 Å². The van der Waals surface area contributed by atoms with Crippen LogP contribution in [0.1, 0.15) is 43.2 Å². The van der Waals surface area contributed by atoms with Gasteiger partial charge in [-0.1, -0.05) is 12.1 Å². The number of para-hydroxylation sites is 1. The van der Waals surface area contributed by atoms with Crippen LogP contribution in [0, 0.1) is 0 Å². The fraction of sp³-hybridized carbons (Fsp3) is 0.438. The molecule has 20 heavy (non-hydrogen) atoms. The van der Waals surface area contributed by atoms with Gasteiger partial charge in [-0.25, -0.2) is 4.98 Å². The Kier molecular flexibility index (Phi) is 2.43. The van der Waals surface area contributed by atoms with E-state index in [9.17, 15) is 0 Å². The minimum absolute atomic E-state index is 0.136. The van der Waals surface area contributed by atoms with Gasteiger partial charge < -0.3 is 10.5 Å². The predicted molar refractivity (Wildman–Crippen MR) is 82.3 cm³/mol. The van der Waals surface area contributed by atoms with Crippen molar-refractivity contribution in [1.29, 1.82) is 0 Å². The van der Waals surface area contributed by atoms with Crippen molar-refractivity contribution < 1.29 is 4.74 Å². The average Bonchev–Trinajstić information content (AvgIpc) is 3.08. The number of hydrogen-bond donors (Lipinski definition) is 1. The Labute approximate surface area is 122 Å². The third-order valence-electron chi connectivity index (χ3n) is 3.94. The fourth-order valence-electron chi connectivity index (χ4n) is 2.85. The van der Waals surface area contributed by atoms with E-state index in [2.05, 4.69) is 32.0 Å². The topological polar surface area (TPSA) is 48.1 Å². The van der Waals surface area contributed by atoms with E-state index in [0.29, 0.717) is 5.92 Å². The van der Waals surface area contributed by atoms with Crippen molar-refractivity contribution in [3.63, 3.8) is 0 Å². The SMILES string of the molecule is CC1(C)Cc2cccc(-c3nc(C4CC4)sc3N)c2O1. The molecule has 0 amide bonds. The van der Waals surface area contributed by atoms with Crippen molar-refractivity contribution in [3.8, 4) is 17.0 Å². The van der Waals surface area contributed by atoms with Crippen LogP contribution in [0.5, 0.6) is 5.75 Å². The van der Waals surface area contributed by atoms with Crippen molar-refractivity contribution in [2.24, 2.45) is 0 Å². The Morgan fingerprint density at radius 3 is 2.90 bits per heavy atom. The molecule has 2 N–H and O–H groups in total. The van der Waals surface area contributed by atoms with Gasteiger partial charge in [-0.2, -0.15) is 0 Å². The smallest absolute Gasteiger partial charge is 0.132 e. The highest BCUT2D eigenvalue weighted by molar-refractivity contribution is 7.16. The number of nitrogens with zero attached hydrogens (tertiary/aromatic N) is 1. The largest absolute Gasteiger partial charge is 0.487 e. The van der Waals surface area contributed by atoms with E-state index in [-0.39, 0.29) is 5.60 Å². The lowest BCUT2D eigenvalue weighted by Gasteiger charge is -2.18. The first-order valence-electron chi connectivity index (χ1n) is 7.11. The average molecular weight is 286 g/mol. The molecule has 1 aliphatic heterocycles. The van der Waals surface area contributed by atoms with Crippen LogP contribution in [-0.2, 0) is 6.42 Å². The van der Waals surface area contributed by atoms with Crippen LogP contribution in [0.3, 0.4) is 0 Å². The Bertz CT molecular complexity index is 686. The van der Waals surface area contributed by atoms with Crippen LogP contribution in [0.4, 0.5) is 5.00 Å². The van der Waals surface area contributed by atoms with Crippen LogP contribution in [0.2, 0.25) is 0 Å². The molecule has 2 aromatic rings. The number of hydrogen-bond acceptors (Lipinski definition) is 4. The summed E-state index contributed by atoms with van der Waals surface area (Å²) >= 11 is 1.64. The molecule has 0 atom stereocenters. The molecule has 1 fully saturated rings. The van der Waals surface area contributed by atoms with Crippen molar-refractivity contribution in [1.82, 2.24) is 4.98 Å². The molecule has 1 aromatic heterocycles. The molecular formula is C16H18N2OS. The monoisotopic (exact) mass is 286 g/mol. The molecule has 1 aromatic carbocycles. The van der Waals surface area contributed by atoms with Crippen molar-refractivity contribution >= 4 is 16.3 Å². The number of nitrogens with two attached hydrogens (primary N) is 1. The zero-order valence-electron chi connectivity index (χ0n) is 11.8. The molecule has 4 rings (SSSR count). The third-order valence-corrected chi connectivity index (χ3v) is 4.99. The fourth-order valence-corrected chi connectivity index (χ4v) is 3.87. The summed E-state index contributed by atoms with van der Waals surface area (Å²) in [4.78, 5) is 4.78. The molecule has 0 radical (unpaired) electrons. The van der Waals surface area contributed by atoms with Gasteiger partial charge in [0.2, 0.25) is 0 Å².